The predicted molar refractivity (Wildman–Crippen MR) is 69.4 cm³/mol. The van der Waals surface area contributed by atoms with Crippen LogP contribution in [0.2, 0.25) is 5.02 Å². The lowest BCUT2D eigenvalue weighted by molar-refractivity contribution is 0.0695. The van der Waals surface area contributed by atoms with Crippen molar-refractivity contribution >= 4 is 17.5 Å². The van der Waals surface area contributed by atoms with Crippen molar-refractivity contribution in [2.24, 2.45) is 0 Å². The van der Waals surface area contributed by atoms with Gasteiger partial charge in [0.05, 0.1) is 29.7 Å². The summed E-state index contributed by atoms with van der Waals surface area (Å²) in [4.78, 5) is 13.6. The average Bonchev–Trinajstić information content (AvgIpc) is 2.38. The van der Waals surface area contributed by atoms with Gasteiger partial charge in [-0.05, 0) is 12.1 Å². The number of hydrogen-bond donors (Lipinski definition) is 0. The second-order valence-corrected chi connectivity index (χ2v) is 4.20. The van der Waals surface area contributed by atoms with Crippen LogP contribution in [0.15, 0.2) is 18.2 Å². The Kier molecular flexibility index (Phi) is 6.26. The molecule has 0 heterocycles. The molecule has 4 nitrogen and oxygen atoms in total. The van der Waals surface area contributed by atoms with E-state index < -0.39 is 11.7 Å². The lowest BCUT2D eigenvalue weighted by Crippen LogP contribution is -2.35. The molecule has 0 unspecified atom stereocenters. The van der Waals surface area contributed by atoms with Crippen molar-refractivity contribution in [1.29, 1.82) is 5.26 Å². The zero-order chi connectivity index (χ0) is 14.3. The summed E-state index contributed by atoms with van der Waals surface area (Å²) in [6.07, 6.45) is 0.168. The fourth-order valence-electron chi connectivity index (χ4n) is 1.56. The molecule has 0 aliphatic heterocycles. The van der Waals surface area contributed by atoms with Gasteiger partial charge in [-0.3, -0.25) is 4.79 Å². The number of ether oxygens (including phenoxy) is 1. The summed E-state index contributed by atoms with van der Waals surface area (Å²) in [6.45, 7) is 0.800. The van der Waals surface area contributed by atoms with Crippen LogP contribution in [0.4, 0.5) is 4.39 Å². The van der Waals surface area contributed by atoms with Crippen molar-refractivity contribution in [1.82, 2.24) is 4.90 Å². The number of hydrogen-bond acceptors (Lipinski definition) is 3. The van der Waals surface area contributed by atoms with Crippen molar-refractivity contribution in [3.05, 3.63) is 34.6 Å². The number of carbonyl (C=O) groups is 1. The van der Waals surface area contributed by atoms with Crippen LogP contribution in [-0.4, -0.2) is 37.6 Å². The highest BCUT2D eigenvalue weighted by Crippen LogP contribution is 2.20. The molecule has 1 rings (SSSR count). The molecule has 0 radical (unpaired) electrons. The maximum absolute atomic E-state index is 13.7. The molecule has 0 saturated carbocycles. The van der Waals surface area contributed by atoms with Gasteiger partial charge in [0, 0.05) is 20.2 Å². The number of benzene rings is 1. The van der Waals surface area contributed by atoms with Gasteiger partial charge < -0.3 is 9.64 Å². The van der Waals surface area contributed by atoms with E-state index in [4.69, 9.17) is 21.6 Å². The third-order valence-electron chi connectivity index (χ3n) is 2.52. The fraction of sp³-hybridized carbons (Fsp3) is 0.385. The molecule has 1 aromatic rings. The molecule has 1 aromatic carbocycles. The lowest BCUT2D eigenvalue weighted by Gasteiger charge is -2.22. The van der Waals surface area contributed by atoms with E-state index in [9.17, 15) is 9.18 Å². The summed E-state index contributed by atoms with van der Waals surface area (Å²) < 4.78 is 18.6. The van der Waals surface area contributed by atoms with E-state index in [1.54, 1.807) is 0 Å². The molecule has 0 spiro atoms. The van der Waals surface area contributed by atoms with Crippen LogP contribution >= 0.6 is 11.6 Å². The van der Waals surface area contributed by atoms with E-state index in [2.05, 4.69) is 0 Å². The van der Waals surface area contributed by atoms with Gasteiger partial charge in [-0.25, -0.2) is 4.39 Å². The largest absolute Gasteiger partial charge is 0.383 e. The van der Waals surface area contributed by atoms with Crippen molar-refractivity contribution in [2.75, 3.05) is 26.8 Å². The molecule has 6 heteroatoms. The van der Waals surface area contributed by atoms with E-state index in [1.807, 2.05) is 6.07 Å². The van der Waals surface area contributed by atoms with Gasteiger partial charge in [0.2, 0.25) is 0 Å². The molecule has 0 N–H and O–H groups in total. The first kappa shape index (κ1) is 15.4. The Bertz CT molecular complexity index is 468. The second kappa shape index (κ2) is 7.72. The Morgan fingerprint density at radius 3 is 2.84 bits per heavy atom. The van der Waals surface area contributed by atoms with Crippen LogP contribution in [0.1, 0.15) is 16.8 Å². The van der Waals surface area contributed by atoms with Crippen molar-refractivity contribution in [3.63, 3.8) is 0 Å². The number of rotatable bonds is 6. The maximum Gasteiger partial charge on any atom is 0.258 e. The van der Waals surface area contributed by atoms with Gasteiger partial charge in [0.25, 0.3) is 5.91 Å². The summed E-state index contributed by atoms with van der Waals surface area (Å²) in [6, 6.07) is 6.02. The van der Waals surface area contributed by atoms with Gasteiger partial charge in [-0.1, -0.05) is 17.7 Å². The van der Waals surface area contributed by atoms with Crippen molar-refractivity contribution in [3.8, 4) is 6.07 Å². The Morgan fingerprint density at radius 2 is 2.26 bits per heavy atom. The average molecular weight is 285 g/mol. The standard InChI is InChI=1S/C13H14ClFN2O2/c1-19-9-8-17(7-3-6-16)13(18)12-10(14)4-2-5-11(12)15/h2,4-5H,3,7-9H2,1H3. The first-order valence-corrected chi connectivity index (χ1v) is 6.08. The fourth-order valence-corrected chi connectivity index (χ4v) is 1.81. The van der Waals surface area contributed by atoms with E-state index >= 15 is 0 Å². The summed E-state index contributed by atoms with van der Waals surface area (Å²) in [5.41, 5.74) is -0.168. The lowest BCUT2D eigenvalue weighted by atomic mass is 10.1. The summed E-state index contributed by atoms with van der Waals surface area (Å²) in [5.74, 6) is -1.20. The molecule has 1 amide bonds. The minimum atomic E-state index is -0.670. The number of nitrogens with zero attached hydrogens (tertiary/aromatic N) is 2. The van der Waals surface area contributed by atoms with Gasteiger partial charge >= 0.3 is 0 Å². The highest BCUT2D eigenvalue weighted by atomic mass is 35.5. The maximum atomic E-state index is 13.7. The Hall–Kier alpha value is -1.64. The van der Waals surface area contributed by atoms with E-state index in [-0.39, 0.29) is 30.1 Å². The van der Waals surface area contributed by atoms with Crippen molar-refractivity contribution < 1.29 is 13.9 Å². The first-order chi connectivity index (χ1) is 9.11. The van der Waals surface area contributed by atoms with E-state index in [0.29, 0.717) is 6.61 Å². The van der Waals surface area contributed by atoms with Gasteiger partial charge in [-0.2, -0.15) is 5.26 Å². The molecule has 102 valence electrons. The van der Waals surface area contributed by atoms with E-state index in [1.165, 1.54) is 30.2 Å². The molecular formula is C13H14ClFN2O2. The van der Waals surface area contributed by atoms with E-state index in [0.717, 1.165) is 0 Å². The smallest absolute Gasteiger partial charge is 0.258 e. The molecular weight excluding hydrogens is 271 g/mol. The predicted octanol–water partition coefficient (Wildman–Crippen LogP) is 2.48. The Labute approximate surface area is 116 Å². The minimum absolute atomic E-state index is 0.0596. The SMILES string of the molecule is COCCN(CCC#N)C(=O)c1c(F)cccc1Cl. The highest BCUT2D eigenvalue weighted by Gasteiger charge is 2.21. The highest BCUT2D eigenvalue weighted by molar-refractivity contribution is 6.33. The molecule has 0 aliphatic rings. The third kappa shape index (κ3) is 4.19. The van der Waals surface area contributed by atoms with Crippen LogP contribution in [-0.2, 0) is 4.74 Å². The summed E-state index contributed by atoms with van der Waals surface area (Å²) >= 11 is 5.85. The second-order valence-electron chi connectivity index (χ2n) is 3.79. The monoisotopic (exact) mass is 284 g/mol. The normalized spacial score (nSPS) is 10.0. The summed E-state index contributed by atoms with van der Waals surface area (Å²) in [7, 11) is 1.50. The van der Waals surface area contributed by atoms with Crippen molar-refractivity contribution in [2.45, 2.75) is 6.42 Å². The Balaban J connectivity index is 2.95. The molecule has 19 heavy (non-hydrogen) atoms. The number of amides is 1. The van der Waals surface area contributed by atoms with Gasteiger partial charge in [0.15, 0.2) is 0 Å². The molecule has 0 fully saturated rings. The quantitative estimate of drug-likeness (QED) is 0.806. The third-order valence-corrected chi connectivity index (χ3v) is 2.84. The zero-order valence-electron chi connectivity index (χ0n) is 10.5. The summed E-state index contributed by atoms with van der Waals surface area (Å²) in [5, 5.41) is 8.64. The number of methoxy groups -OCH3 is 1. The Morgan fingerprint density at radius 1 is 1.53 bits per heavy atom. The molecule has 0 bridgehead atoms. The van der Waals surface area contributed by atoms with Crippen LogP contribution in [0.5, 0.6) is 0 Å². The van der Waals surface area contributed by atoms with Crippen LogP contribution in [0.3, 0.4) is 0 Å². The van der Waals surface area contributed by atoms with Gasteiger partial charge in [-0.15, -0.1) is 0 Å². The minimum Gasteiger partial charge on any atom is -0.383 e. The molecule has 0 atom stereocenters. The van der Waals surface area contributed by atoms with Crippen LogP contribution in [0.25, 0.3) is 0 Å². The number of nitriles is 1. The molecule has 0 saturated heterocycles. The van der Waals surface area contributed by atoms with Crippen LogP contribution in [0, 0.1) is 17.1 Å². The number of halogens is 2. The van der Waals surface area contributed by atoms with Gasteiger partial charge in [0.1, 0.15) is 5.82 Å². The first-order valence-electron chi connectivity index (χ1n) is 5.71. The zero-order valence-corrected chi connectivity index (χ0v) is 11.3. The number of carbonyl (C=O) groups excluding carboxylic acids is 1. The molecule has 0 aromatic heterocycles. The van der Waals surface area contributed by atoms with Crippen LogP contribution < -0.4 is 0 Å². The molecule has 0 aliphatic carbocycles. The topological polar surface area (TPSA) is 53.3 Å².